The maximum atomic E-state index is 3.58. The van der Waals surface area contributed by atoms with Gasteiger partial charge in [-0.05, 0) is 61.2 Å². The Morgan fingerprint density at radius 3 is 2.61 bits per heavy atom. The number of likely N-dealkylation sites (N-methyl/N-ethyl adjacent to an activating group) is 1. The smallest absolute Gasteiger partial charge is 0.0175 e. The molecule has 1 heterocycles. The molecule has 2 aromatic carbocycles. The van der Waals surface area contributed by atoms with Crippen molar-refractivity contribution >= 4 is 15.9 Å². The maximum absolute atomic E-state index is 3.58. The van der Waals surface area contributed by atoms with Gasteiger partial charge in [0, 0.05) is 22.9 Å². The van der Waals surface area contributed by atoms with Crippen LogP contribution in [0.25, 0.3) is 0 Å². The number of benzene rings is 2. The van der Waals surface area contributed by atoms with Crippen LogP contribution in [-0.2, 0) is 0 Å². The molecule has 2 aliphatic rings. The predicted octanol–water partition coefficient (Wildman–Crippen LogP) is 5.33. The van der Waals surface area contributed by atoms with E-state index in [0.29, 0.717) is 11.8 Å². The molecule has 120 valence electrons. The van der Waals surface area contributed by atoms with Crippen LogP contribution in [0.4, 0.5) is 0 Å². The van der Waals surface area contributed by atoms with E-state index in [-0.39, 0.29) is 0 Å². The number of likely N-dealkylation sites (tertiary alicyclic amines) is 1. The molecular formula is C21H24BrN. The van der Waals surface area contributed by atoms with E-state index < -0.39 is 0 Å². The summed E-state index contributed by atoms with van der Waals surface area (Å²) >= 11 is 3.58. The van der Waals surface area contributed by atoms with E-state index in [0.717, 1.165) is 5.92 Å². The Labute approximate surface area is 147 Å². The van der Waals surface area contributed by atoms with Crippen LogP contribution < -0.4 is 0 Å². The van der Waals surface area contributed by atoms with Gasteiger partial charge < -0.3 is 4.90 Å². The van der Waals surface area contributed by atoms with E-state index >= 15 is 0 Å². The summed E-state index contributed by atoms with van der Waals surface area (Å²) in [4.78, 5) is 2.62. The zero-order valence-corrected chi connectivity index (χ0v) is 15.5. The number of aryl methyl sites for hydroxylation is 1. The molecule has 23 heavy (non-hydrogen) atoms. The summed E-state index contributed by atoms with van der Waals surface area (Å²) in [5.74, 6) is 2.03. The molecular weight excluding hydrogens is 346 g/mol. The molecule has 1 aliphatic carbocycles. The Hall–Kier alpha value is -1.12. The molecule has 0 unspecified atom stereocenters. The van der Waals surface area contributed by atoms with Crippen molar-refractivity contribution in [3.8, 4) is 0 Å². The first-order chi connectivity index (χ1) is 11.2. The molecule has 0 spiro atoms. The van der Waals surface area contributed by atoms with Crippen molar-refractivity contribution in [3.63, 3.8) is 0 Å². The summed E-state index contributed by atoms with van der Waals surface area (Å²) in [6.07, 6.45) is 1.31. The highest BCUT2D eigenvalue weighted by molar-refractivity contribution is 9.10. The van der Waals surface area contributed by atoms with Gasteiger partial charge in [0.2, 0.25) is 0 Å². The molecule has 1 saturated heterocycles. The van der Waals surface area contributed by atoms with E-state index in [1.807, 2.05) is 0 Å². The van der Waals surface area contributed by atoms with E-state index in [2.05, 4.69) is 77.1 Å². The topological polar surface area (TPSA) is 3.24 Å². The SMILES string of the molecule is CCN1CC[C@H]2[C@H](c3ccc(Br)cc3)c3cc(C)ccc3[C@H]2C1. The normalized spacial score (nSPS) is 26.8. The van der Waals surface area contributed by atoms with Gasteiger partial charge in [0.15, 0.2) is 0 Å². The maximum Gasteiger partial charge on any atom is 0.0175 e. The number of piperidine rings is 1. The van der Waals surface area contributed by atoms with Gasteiger partial charge in [-0.2, -0.15) is 0 Å². The lowest BCUT2D eigenvalue weighted by atomic mass is 9.78. The van der Waals surface area contributed by atoms with Gasteiger partial charge in [0.05, 0.1) is 0 Å². The van der Waals surface area contributed by atoms with Crippen LogP contribution >= 0.6 is 15.9 Å². The van der Waals surface area contributed by atoms with Crippen molar-refractivity contribution in [2.24, 2.45) is 5.92 Å². The van der Waals surface area contributed by atoms with Gasteiger partial charge >= 0.3 is 0 Å². The van der Waals surface area contributed by atoms with Crippen molar-refractivity contribution < 1.29 is 0 Å². The summed E-state index contributed by atoms with van der Waals surface area (Å²) in [5, 5.41) is 0. The fourth-order valence-electron chi connectivity index (χ4n) is 4.68. The Balaban J connectivity index is 1.80. The average Bonchev–Trinajstić information content (AvgIpc) is 2.88. The van der Waals surface area contributed by atoms with Crippen LogP contribution in [0.5, 0.6) is 0 Å². The minimum absolute atomic E-state index is 0.571. The molecule has 0 aromatic heterocycles. The minimum atomic E-state index is 0.571. The van der Waals surface area contributed by atoms with E-state index in [1.54, 1.807) is 11.1 Å². The number of hydrogen-bond acceptors (Lipinski definition) is 1. The molecule has 1 nitrogen and oxygen atoms in total. The van der Waals surface area contributed by atoms with Crippen molar-refractivity contribution in [1.29, 1.82) is 0 Å². The molecule has 1 fully saturated rings. The minimum Gasteiger partial charge on any atom is -0.303 e. The molecule has 0 bridgehead atoms. The Morgan fingerprint density at radius 1 is 1.09 bits per heavy atom. The van der Waals surface area contributed by atoms with Gasteiger partial charge in [-0.25, -0.2) is 0 Å². The summed E-state index contributed by atoms with van der Waals surface area (Å²) in [7, 11) is 0. The highest BCUT2D eigenvalue weighted by Gasteiger charge is 2.43. The number of nitrogens with zero attached hydrogens (tertiary/aromatic N) is 1. The molecule has 2 aromatic rings. The molecule has 0 radical (unpaired) electrons. The second-order valence-corrected chi connectivity index (χ2v) is 8.03. The largest absolute Gasteiger partial charge is 0.303 e. The van der Waals surface area contributed by atoms with Crippen molar-refractivity contribution in [2.75, 3.05) is 19.6 Å². The van der Waals surface area contributed by atoms with Crippen LogP contribution in [0.2, 0.25) is 0 Å². The highest BCUT2D eigenvalue weighted by atomic mass is 79.9. The quantitative estimate of drug-likeness (QED) is 0.691. The lowest BCUT2D eigenvalue weighted by molar-refractivity contribution is 0.167. The van der Waals surface area contributed by atoms with Gasteiger partial charge in [-0.1, -0.05) is 58.7 Å². The van der Waals surface area contributed by atoms with Crippen molar-refractivity contribution in [1.82, 2.24) is 4.90 Å². The van der Waals surface area contributed by atoms with Gasteiger partial charge in [0.1, 0.15) is 0 Å². The predicted molar refractivity (Wildman–Crippen MR) is 100 cm³/mol. The Bertz CT molecular complexity index is 706. The number of rotatable bonds is 2. The molecule has 0 saturated carbocycles. The van der Waals surface area contributed by atoms with E-state index in [1.165, 1.54) is 41.7 Å². The molecule has 4 rings (SSSR count). The first-order valence-corrected chi connectivity index (χ1v) is 9.55. The lowest BCUT2D eigenvalue weighted by Crippen LogP contribution is -2.38. The van der Waals surface area contributed by atoms with Crippen LogP contribution in [0, 0.1) is 12.8 Å². The number of hydrogen-bond donors (Lipinski definition) is 0. The third-order valence-electron chi connectivity index (χ3n) is 5.83. The molecule has 0 amide bonds. The average molecular weight is 370 g/mol. The number of fused-ring (bicyclic) bond motifs is 3. The van der Waals surface area contributed by atoms with Crippen molar-refractivity contribution in [2.45, 2.75) is 32.1 Å². The van der Waals surface area contributed by atoms with Gasteiger partial charge in [-0.15, -0.1) is 0 Å². The Morgan fingerprint density at radius 2 is 1.87 bits per heavy atom. The second kappa shape index (κ2) is 6.07. The fourth-order valence-corrected chi connectivity index (χ4v) is 4.95. The van der Waals surface area contributed by atoms with Crippen LogP contribution in [0.1, 0.15) is 47.4 Å². The van der Waals surface area contributed by atoms with E-state index in [9.17, 15) is 0 Å². The summed E-state index contributed by atoms with van der Waals surface area (Å²) < 4.78 is 1.17. The van der Waals surface area contributed by atoms with Crippen LogP contribution in [0.3, 0.4) is 0 Å². The Kier molecular flexibility index (Phi) is 4.07. The van der Waals surface area contributed by atoms with E-state index in [4.69, 9.17) is 0 Å². The summed E-state index contributed by atoms with van der Waals surface area (Å²) in [6.45, 7) is 8.16. The third-order valence-corrected chi connectivity index (χ3v) is 6.36. The second-order valence-electron chi connectivity index (χ2n) is 7.11. The van der Waals surface area contributed by atoms with Gasteiger partial charge in [-0.3, -0.25) is 0 Å². The van der Waals surface area contributed by atoms with Gasteiger partial charge in [0.25, 0.3) is 0 Å². The van der Waals surface area contributed by atoms with Crippen LogP contribution in [-0.4, -0.2) is 24.5 Å². The highest BCUT2D eigenvalue weighted by Crippen LogP contribution is 2.53. The first-order valence-electron chi connectivity index (χ1n) is 8.75. The monoisotopic (exact) mass is 369 g/mol. The summed E-state index contributed by atoms with van der Waals surface area (Å²) in [6, 6.07) is 16.2. The molecule has 0 N–H and O–H groups in total. The molecule has 2 heteroatoms. The standard InChI is InChI=1S/C21H24BrN/c1-3-23-11-10-18-20(13-23)17-9-4-14(2)12-19(17)21(18)15-5-7-16(22)8-6-15/h4-9,12,18,20-21H,3,10-11,13H2,1-2H3/t18-,20-,21+/m1/s1. The van der Waals surface area contributed by atoms with Crippen molar-refractivity contribution in [3.05, 3.63) is 69.2 Å². The lowest BCUT2D eigenvalue weighted by Gasteiger charge is -2.37. The molecule has 3 atom stereocenters. The molecule has 1 aliphatic heterocycles. The summed E-state index contributed by atoms with van der Waals surface area (Å²) in [5.41, 5.74) is 6.06. The third kappa shape index (κ3) is 2.66. The zero-order valence-electron chi connectivity index (χ0n) is 13.9. The zero-order chi connectivity index (χ0) is 16.0. The fraction of sp³-hybridized carbons (Fsp3) is 0.429. The first kappa shape index (κ1) is 15.4. The van der Waals surface area contributed by atoms with Crippen LogP contribution in [0.15, 0.2) is 46.9 Å². The number of halogens is 1.